The van der Waals surface area contributed by atoms with Gasteiger partial charge in [0.05, 0.1) is 0 Å². The number of benzene rings is 3. The standard InChI is InChI=1S/C21H16N/c1-3-9-17(10-4-1)16-22-20-14-8-7-13-19(20)15-21(22)18-11-5-2-6-12-18/h1-9,11-15H,16H2. The van der Waals surface area contributed by atoms with Gasteiger partial charge in [-0.3, -0.25) is 0 Å². The molecule has 1 radical (unpaired) electrons. The van der Waals surface area contributed by atoms with Crippen LogP contribution in [0.2, 0.25) is 0 Å². The fourth-order valence-corrected chi connectivity index (χ4v) is 2.93. The van der Waals surface area contributed by atoms with Crippen molar-refractivity contribution >= 4 is 10.9 Å². The molecule has 1 heteroatoms. The lowest BCUT2D eigenvalue weighted by molar-refractivity contribution is 0.844. The molecule has 3 aromatic carbocycles. The number of rotatable bonds is 3. The average Bonchev–Trinajstić information content (AvgIpc) is 2.95. The van der Waals surface area contributed by atoms with Gasteiger partial charge in [-0.15, -0.1) is 0 Å². The van der Waals surface area contributed by atoms with Crippen LogP contribution in [0.1, 0.15) is 5.56 Å². The molecule has 0 aliphatic carbocycles. The number of hydrogen-bond donors (Lipinski definition) is 0. The highest BCUT2D eigenvalue weighted by atomic mass is 15.0. The van der Waals surface area contributed by atoms with Crippen molar-refractivity contribution in [1.82, 2.24) is 4.57 Å². The second-order valence-corrected chi connectivity index (χ2v) is 5.43. The van der Waals surface area contributed by atoms with Gasteiger partial charge in [0.1, 0.15) is 0 Å². The van der Waals surface area contributed by atoms with E-state index < -0.39 is 0 Å². The fourth-order valence-electron chi connectivity index (χ4n) is 2.93. The first kappa shape index (κ1) is 12.9. The molecule has 0 aliphatic heterocycles. The Labute approximate surface area is 130 Å². The van der Waals surface area contributed by atoms with Crippen LogP contribution in [0.25, 0.3) is 22.2 Å². The molecular formula is C21H16N. The van der Waals surface area contributed by atoms with E-state index in [4.69, 9.17) is 0 Å². The first-order valence-electron chi connectivity index (χ1n) is 7.51. The Hall–Kier alpha value is -2.80. The lowest BCUT2D eigenvalue weighted by Crippen LogP contribution is -2.01. The van der Waals surface area contributed by atoms with Gasteiger partial charge < -0.3 is 4.57 Å². The molecule has 0 spiro atoms. The van der Waals surface area contributed by atoms with E-state index in [9.17, 15) is 0 Å². The van der Waals surface area contributed by atoms with E-state index in [0.29, 0.717) is 0 Å². The highest BCUT2D eigenvalue weighted by molar-refractivity contribution is 5.87. The zero-order chi connectivity index (χ0) is 14.8. The number of nitrogens with zero attached hydrogens (tertiary/aromatic N) is 1. The second kappa shape index (κ2) is 5.53. The van der Waals surface area contributed by atoms with Gasteiger partial charge in [0, 0.05) is 23.1 Å². The topological polar surface area (TPSA) is 4.93 Å². The molecule has 4 aromatic rings. The van der Waals surface area contributed by atoms with E-state index in [1.807, 2.05) is 12.1 Å². The molecule has 0 amide bonds. The molecule has 105 valence electrons. The molecule has 22 heavy (non-hydrogen) atoms. The predicted octanol–water partition coefficient (Wildman–Crippen LogP) is 5.16. The van der Waals surface area contributed by atoms with Gasteiger partial charge in [-0.05, 0) is 29.3 Å². The van der Waals surface area contributed by atoms with Crippen molar-refractivity contribution in [3.05, 3.63) is 96.6 Å². The van der Waals surface area contributed by atoms with Crippen LogP contribution in [0, 0.1) is 6.07 Å². The van der Waals surface area contributed by atoms with E-state index in [2.05, 4.69) is 83.4 Å². The largest absolute Gasteiger partial charge is 0.336 e. The van der Waals surface area contributed by atoms with E-state index in [1.54, 1.807) is 0 Å². The van der Waals surface area contributed by atoms with Crippen LogP contribution < -0.4 is 0 Å². The minimum absolute atomic E-state index is 0.832. The minimum atomic E-state index is 0.832. The van der Waals surface area contributed by atoms with Gasteiger partial charge in [-0.25, -0.2) is 0 Å². The van der Waals surface area contributed by atoms with Crippen LogP contribution >= 0.6 is 0 Å². The molecule has 1 heterocycles. The summed E-state index contributed by atoms with van der Waals surface area (Å²) in [4.78, 5) is 0. The predicted molar refractivity (Wildman–Crippen MR) is 91.8 cm³/mol. The van der Waals surface area contributed by atoms with E-state index in [0.717, 1.165) is 6.54 Å². The van der Waals surface area contributed by atoms with E-state index >= 15 is 0 Å². The van der Waals surface area contributed by atoms with Crippen LogP contribution in [-0.4, -0.2) is 4.57 Å². The molecular weight excluding hydrogens is 266 g/mol. The van der Waals surface area contributed by atoms with Gasteiger partial charge in [0.2, 0.25) is 0 Å². The van der Waals surface area contributed by atoms with Gasteiger partial charge in [0.15, 0.2) is 0 Å². The molecule has 4 rings (SSSR count). The highest BCUT2D eigenvalue weighted by Crippen LogP contribution is 2.28. The van der Waals surface area contributed by atoms with Crippen molar-refractivity contribution in [2.24, 2.45) is 0 Å². The molecule has 0 bridgehead atoms. The van der Waals surface area contributed by atoms with Gasteiger partial charge in [-0.1, -0.05) is 72.8 Å². The summed E-state index contributed by atoms with van der Waals surface area (Å²) in [5, 5.41) is 1.28. The first-order chi connectivity index (χ1) is 10.9. The summed E-state index contributed by atoms with van der Waals surface area (Å²) in [6.45, 7) is 0.832. The van der Waals surface area contributed by atoms with Crippen LogP contribution in [0.15, 0.2) is 84.9 Å². The van der Waals surface area contributed by atoms with Gasteiger partial charge >= 0.3 is 0 Å². The smallest absolute Gasteiger partial charge is 0.0494 e. The molecule has 0 saturated heterocycles. The molecule has 1 nitrogen and oxygen atoms in total. The second-order valence-electron chi connectivity index (χ2n) is 5.43. The Morgan fingerprint density at radius 1 is 0.773 bits per heavy atom. The quantitative estimate of drug-likeness (QED) is 0.489. The normalized spacial score (nSPS) is 10.9. The average molecular weight is 282 g/mol. The molecule has 0 saturated carbocycles. The molecule has 0 atom stereocenters. The Kier molecular flexibility index (Phi) is 3.24. The van der Waals surface area contributed by atoms with E-state index in [-0.39, 0.29) is 0 Å². The summed E-state index contributed by atoms with van der Waals surface area (Å²) in [5.74, 6) is 0. The fraction of sp³-hybridized carbons (Fsp3) is 0.0476. The zero-order valence-electron chi connectivity index (χ0n) is 12.2. The number of hydrogen-bond acceptors (Lipinski definition) is 0. The number of para-hydroxylation sites is 1. The van der Waals surface area contributed by atoms with Crippen molar-refractivity contribution in [1.29, 1.82) is 0 Å². The maximum Gasteiger partial charge on any atom is 0.0494 e. The third-order valence-electron chi connectivity index (χ3n) is 3.98. The zero-order valence-corrected chi connectivity index (χ0v) is 12.2. The third kappa shape index (κ3) is 2.31. The third-order valence-corrected chi connectivity index (χ3v) is 3.98. The van der Waals surface area contributed by atoms with Crippen LogP contribution in [0.5, 0.6) is 0 Å². The van der Waals surface area contributed by atoms with Crippen molar-refractivity contribution in [2.45, 2.75) is 6.54 Å². The molecule has 0 fully saturated rings. The van der Waals surface area contributed by atoms with Crippen LogP contribution in [0.3, 0.4) is 0 Å². The first-order valence-corrected chi connectivity index (χ1v) is 7.51. The Morgan fingerprint density at radius 2 is 1.55 bits per heavy atom. The maximum absolute atomic E-state index is 3.33. The number of fused-ring (bicyclic) bond motifs is 1. The van der Waals surface area contributed by atoms with Crippen molar-refractivity contribution in [3.8, 4) is 11.3 Å². The molecule has 0 unspecified atom stereocenters. The monoisotopic (exact) mass is 282 g/mol. The van der Waals surface area contributed by atoms with Crippen molar-refractivity contribution in [3.63, 3.8) is 0 Å². The summed E-state index contributed by atoms with van der Waals surface area (Å²) >= 11 is 0. The summed E-state index contributed by atoms with van der Waals surface area (Å²) < 4.78 is 2.37. The summed E-state index contributed by atoms with van der Waals surface area (Å²) in [6, 6.07) is 32.9. The van der Waals surface area contributed by atoms with Crippen molar-refractivity contribution in [2.75, 3.05) is 0 Å². The summed E-state index contributed by atoms with van der Waals surface area (Å²) in [5.41, 5.74) is 4.95. The SMILES string of the molecule is [c]1ccccc1Cn1c(-c2ccccc2)cc2ccccc21. The van der Waals surface area contributed by atoms with Crippen LogP contribution in [-0.2, 0) is 6.54 Å². The number of aromatic nitrogens is 1. The molecule has 0 N–H and O–H groups in total. The summed E-state index contributed by atoms with van der Waals surface area (Å²) in [7, 11) is 0. The lowest BCUT2D eigenvalue weighted by Gasteiger charge is -2.11. The maximum atomic E-state index is 3.33. The Morgan fingerprint density at radius 3 is 2.36 bits per heavy atom. The molecule has 0 aliphatic rings. The van der Waals surface area contributed by atoms with Gasteiger partial charge in [-0.2, -0.15) is 0 Å². The highest BCUT2D eigenvalue weighted by Gasteiger charge is 2.10. The van der Waals surface area contributed by atoms with Crippen molar-refractivity contribution < 1.29 is 0 Å². The molecule has 1 aromatic heterocycles. The Balaban J connectivity index is 1.91. The summed E-state index contributed by atoms with van der Waals surface area (Å²) in [6.07, 6.45) is 0. The minimum Gasteiger partial charge on any atom is -0.336 e. The Bertz CT molecular complexity index is 889. The van der Waals surface area contributed by atoms with E-state index in [1.165, 1.54) is 27.7 Å². The van der Waals surface area contributed by atoms with Crippen LogP contribution in [0.4, 0.5) is 0 Å². The van der Waals surface area contributed by atoms with Gasteiger partial charge in [0.25, 0.3) is 0 Å². The lowest BCUT2D eigenvalue weighted by atomic mass is 10.1.